The van der Waals surface area contributed by atoms with Crippen molar-refractivity contribution < 1.29 is 32.9 Å². The van der Waals surface area contributed by atoms with Gasteiger partial charge in [-0.05, 0) is 36.8 Å². The van der Waals surface area contributed by atoms with E-state index in [1.54, 1.807) is 37.3 Å². The van der Waals surface area contributed by atoms with Gasteiger partial charge in [-0.25, -0.2) is 14.0 Å². The number of nitrogens with one attached hydrogen (secondary N) is 1. The molecular formula is C23H25FN2O6. The SMILES string of the molecule is CCOC(=O)C1=C(COc2ccccc2F)N(C)C(=O)NC1c1ccc(OC)c(OC)c1. The minimum atomic E-state index is -0.836. The number of carbonyl (C=O) groups excluding carboxylic acids is 2. The summed E-state index contributed by atoms with van der Waals surface area (Å²) in [5.74, 6) is -0.229. The number of carbonyl (C=O) groups is 2. The second-order valence-electron chi connectivity index (χ2n) is 6.86. The second kappa shape index (κ2) is 10.0. The smallest absolute Gasteiger partial charge is 0.338 e. The van der Waals surface area contributed by atoms with E-state index in [1.807, 2.05) is 0 Å². The molecule has 0 aromatic heterocycles. The van der Waals surface area contributed by atoms with Gasteiger partial charge in [0, 0.05) is 7.05 Å². The van der Waals surface area contributed by atoms with Crippen LogP contribution >= 0.6 is 0 Å². The summed E-state index contributed by atoms with van der Waals surface area (Å²) in [6.07, 6.45) is 0. The number of nitrogens with zero attached hydrogens (tertiary/aromatic N) is 1. The highest BCUT2D eigenvalue weighted by atomic mass is 19.1. The molecule has 0 radical (unpaired) electrons. The second-order valence-corrected chi connectivity index (χ2v) is 6.86. The van der Waals surface area contributed by atoms with Crippen molar-refractivity contribution in [2.24, 2.45) is 0 Å². The van der Waals surface area contributed by atoms with Gasteiger partial charge < -0.3 is 24.3 Å². The molecule has 0 bridgehead atoms. The minimum Gasteiger partial charge on any atom is -0.493 e. The monoisotopic (exact) mass is 444 g/mol. The van der Waals surface area contributed by atoms with Gasteiger partial charge in [0.1, 0.15) is 6.61 Å². The predicted molar refractivity (Wildman–Crippen MR) is 114 cm³/mol. The minimum absolute atomic E-state index is 0.00487. The number of esters is 1. The van der Waals surface area contributed by atoms with Gasteiger partial charge in [0.15, 0.2) is 23.1 Å². The first-order chi connectivity index (χ1) is 15.4. The third-order valence-corrected chi connectivity index (χ3v) is 5.01. The third-order valence-electron chi connectivity index (χ3n) is 5.01. The Bertz CT molecular complexity index is 1040. The number of hydrogen-bond donors (Lipinski definition) is 1. The highest BCUT2D eigenvalue weighted by molar-refractivity contribution is 5.95. The van der Waals surface area contributed by atoms with Crippen LogP contribution in [0.5, 0.6) is 17.2 Å². The molecule has 2 aromatic rings. The van der Waals surface area contributed by atoms with Crippen LogP contribution in [0.15, 0.2) is 53.7 Å². The van der Waals surface area contributed by atoms with Crippen LogP contribution in [0.3, 0.4) is 0 Å². The maximum atomic E-state index is 14.0. The molecule has 2 aromatic carbocycles. The molecule has 2 amide bonds. The summed E-state index contributed by atoms with van der Waals surface area (Å²) in [6.45, 7) is 1.60. The number of urea groups is 1. The van der Waals surface area contributed by atoms with Crippen LogP contribution in [-0.2, 0) is 9.53 Å². The number of ether oxygens (including phenoxy) is 4. The Morgan fingerprint density at radius 1 is 1.09 bits per heavy atom. The third kappa shape index (κ3) is 4.61. The van der Waals surface area contributed by atoms with E-state index in [9.17, 15) is 14.0 Å². The number of hydrogen-bond acceptors (Lipinski definition) is 6. The number of halogens is 1. The van der Waals surface area contributed by atoms with Crippen molar-refractivity contribution in [2.45, 2.75) is 13.0 Å². The molecule has 0 saturated carbocycles. The molecule has 0 spiro atoms. The normalized spacial score (nSPS) is 15.8. The summed E-state index contributed by atoms with van der Waals surface area (Å²) >= 11 is 0. The van der Waals surface area contributed by atoms with Gasteiger partial charge in [-0.1, -0.05) is 18.2 Å². The van der Waals surface area contributed by atoms with Crippen LogP contribution in [0.1, 0.15) is 18.5 Å². The zero-order chi connectivity index (χ0) is 23.3. The Balaban J connectivity index is 2.08. The van der Waals surface area contributed by atoms with E-state index in [-0.39, 0.29) is 30.2 Å². The van der Waals surface area contributed by atoms with Gasteiger partial charge in [-0.15, -0.1) is 0 Å². The summed E-state index contributed by atoms with van der Waals surface area (Å²) in [7, 11) is 4.50. The number of amides is 2. The topological polar surface area (TPSA) is 86.3 Å². The molecule has 9 heteroatoms. The van der Waals surface area contributed by atoms with Crippen molar-refractivity contribution in [3.05, 3.63) is 65.1 Å². The van der Waals surface area contributed by atoms with E-state index in [4.69, 9.17) is 18.9 Å². The summed E-state index contributed by atoms with van der Waals surface area (Å²) < 4.78 is 35.5. The Kier molecular flexibility index (Phi) is 7.19. The molecule has 8 nitrogen and oxygen atoms in total. The molecule has 170 valence electrons. The molecule has 0 fully saturated rings. The molecule has 1 aliphatic rings. The predicted octanol–water partition coefficient (Wildman–Crippen LogP) is 3.44. The fourth-order valence-electron chi connectivity index (χ4n) is 3.37. The highest BCUT2D eigenvalue weighted by Gasteiger charge is 2.37. The first kappa shape index (κ1) is 22.9. The Hall–Kier alpha value is -3.75. The Labute approximate surface area is 185 Å². The van der Waals surface area contributed by atoms with Crippen LogP contribution in [0.25, 0.3) is 0 Å². The van der Waals surface area contributed by atoms with E-state index in [2.05, 4.69) is 5.32 Å². The number of methoxy groups -OCH3 is 2. The Morgan fingerprint density at radius 3 is 2.47 bits per heavy atom. The van der Waals surface area contributed by atoms with Crippen molar-refractivity contribution in [1.29, 1.82) is 0 Å². The highest BCUT2D eigenvalue weighted by Crippen LogP contribution is 2.36. The van der Waals surface area contributed by atoms with Crippen LogP contribution in [0.2, 0.25) is 0 Å². The molecular weight excluding hydrogens is 419 g/mol. The summed E-state index contributed by atoms with van der Waals surface area (Å²) in [5.41, 5.74) is 1.02. The summed E-state index contributed by atoms with van der Waals surface area (Å²) in [5, 5.41) is 2.80. The number of para-hydroxylation sites is 1. The van der Waals surface area contributed by atoms with Crippen molar-refractivity contribution in [2.75, 3.05) is 34.5 Å². The van der Waals surface area contributed by atoms with E-state index >= 15 is 0 Å². The van der Waals surface area contributed by atoms with Crippen LogP contribution in [-0.4, -0.2) is 51.4 Å². The van der Waals surface area contributed by atoms with E-state index < -0.39 is 23.9 Å². The number of benzene rings is 2. The van der Waals surface area contributed by atoms with Gasteiger partial charge >= 0.3 is 12.0 Å². The zero-order valence-electron chi connectivity index (χ0n) is 18.3. The molecule has 1 aliphatic heterocycles. The lowest BCUT2D eigenvalue weighted by Crippen LogP contribution is -2.48. The van der Waals surface area contributed by atoms with Crippen molar-refractivity contribution in [3.8, 4) is 17.2 Å². The average molecular weight is 444 g/mol. The zero-order valence-corrected chi connectivity index (χ0v) is 18.3. The molecule has 0 saturated heterocycles. The lowest BCUT2D eigenvalue weighted by molar-refractivity contribution is -0.139. The molecule has 3 rings (SSSR count). The maximum absolute atomic E-state index is 14.0. The van der Waals surface area contributed by atoms with Crippen molar-refractivity contribution in [3.63, 3.8) is 0 Å². The van der Waals surface area contributed by atoms with E-state index in [0.717, 1.165) is 0 Å². The first-order valence-electron chi connectivity index (χ1n) is 9.94. The van der Waals surface area contributed by atoms with Gasteiger partial charge in [-0.3, -0.25) is 4.90 Å². The standard InChI is InChI=1S/C23H25FN2O6/c1-5-31-22(27)20-16(13-32-17-9-7-6-8-15(17)24)26(2)23(28)25-21(20)14-10-11-18(29-3)19(12-14)30-4/h6-12,21H,5,13H2,1-4H3,(H,25,28). The maximum Gasteiger partial charge on any atom is 0.338 e. The van der Waals surface area contributed by atoms with Crippen LogP contribution in [0, 0.1) is 5.82 Å². The van der Waals surface area contributed by atoms with Gasteiger partial charge in [0.25, 0.3) is 0 Å². The molecule has 1 unspecified atom stereocenters. The van der Waals surface area contributed by atoms with Crippen LogP contribution in [0.4, 0.5) is 9.18 Å². The van der Waals surface area contributed by atoms with Gasteiger partial charge in [0.05, 0.1) is 38.1 Å². The quantitative estimate of drug-likeness (QED) is 0.628. The fourth-order valence-corrected chi connectivity index (χ4v) is 3.37. The average Bonchev–Trinajstić information content (AvgIpc) is 2.80. The lowest BCUT2D eigenvalue weighted by Gasteiger charge is -2.34. The number of rotatable bonds is 8. The van der Waals surface area contributed by atoms with Crippen molar-refractivity contribution >= 4 is 12.0 Å². The summed E-state index contributed by atoms with van der Waals surface area (Å²) in [6, 6.07) is 9.67. The first-order valence-corrected chi connectivity index (χ1v) is 9.94. The van der Waals surface area contributed by atoms with E-state index in [0.29, 0.717) is 17.1 Å². The molecule has 0 aliphatic carbocycles. The number of likely N-dealkylation sites (N-methyl/N-ethyl adjacent to an activating group) is 1. The largest absolute Gasteiger partial charge is 0.493 e. The van der Waals surface area contributed by atoms with Crippen LogP contribution < -0.4 is 19.5 Å². The molecule has 32 heavy (non-hydrogen) atoms. The molecule has 1 heterocycles. The Morgan fingerprint density at radius 2 is 1.81 bits per heavy atom. The lowest BCUT2D eigenvalue weighted by atomic mass is 9.94. The van der Waals surface area contributed by atoms with Gasteiger partial charge in [0.2, 0.25) is 0 Å². The van der Waals surface area contributed by atoms with E-state index in [1.165, 1.54) is 38.3 Å². The van der Waals surface area contributed by atoms with Crippen molar-refractivity contribution in [1.82, 2.24) is 10.2 Å². The van der Waals surface area contributed by atoms with Gasteiger partial charge in [-0.2, -0.15) is 0 Å². The fraction of sp³-hybridized carbons (Fsp3) is 0.304. The summed E-state index contributed by atoms with van der Waals surface area (Å²) in [4.78, 5) is 26.9. The molecule has 1 atom stereocenters. The molecule has 1 N–H and O–H groups in total.